The first-order valence-corrected chi connectivity index (χ1v) is 6.47. The summed E-state index contributed by atoms with van der Waals surface area (Å²) >= 11 is 0. The first kappa shape index (κ1) is 13.8. The number of aliphatic hydroxyl groups excluding tert-OH is 1. The van der Waals surface area contributed by atoms with Crippen LogP contribution in [0.1, 0.15) is 18.9 Å². The molecule has 1 aliphatic rings. The molecule has 0 bridgehead atoms. The van der Waals surface area contributed by atoms with Gasteiger partial charge in [0.15, 0.2) is 0 Å². The van der Waals surface area contributed by atoms with E-state index in [9.17, 15) is 14.3 Å². The van der Waals surface area contributed by atoms with Crippen molar-refractivity contribution in [3.8, 4) is 0 Å². The Morgan fingerprint density at radius 1 is 1.53 bits per heavy atom. The van der Waals surface area contributed by atoms with Crippen molar-refractivity contribution >= 4 is 11.7 Å². The number of nitrogens with zero attached hydrogens (tertiary/aromatic N) is 1. The molecule has 1 fully saturated rings. The van der Waals surface area contributed by atoms with E-state index in [4.69, 9.17) is 0 Å². The Labute approximate surface area is 112 Å². The van der Waals surface area contributed by atoms with Crippen LogP contribution in [0.4, 0.5) is 14.9 Å². The quantitative estimate of drug-likeness (QED) is 0.820. The monoisotopic (exact) mass is 266 g/mol. The molecule has 1 saturated heterocycles. The maximum Gasteiger partial charge on any atom is 0.321 e. The van der Waals surface area contributed by atoms with Gasteiger partial charge in [0.05, 0.1) is 6.10 Å². The Balaban J connectivity index is 1.99. The zero-order valence-corrected chi connectivity index (χ0v) is 11.2. The number of carbonyl (C=O) groups is 1. The minimum absolute atomic E-state index is 0.209. The van der Waals surface area contributed by atoms with E-state index in [1.54, 1.807) is 24.0 Å². The van der Waals surface area contributed by atoms with Crippen molar-refractivity contribution in [3.63, 3.8) is 0 Å². The first-order valence-electron chi connectivity index (χ1n) is 6.47. The van der Waals surface area contributed by atoms with Crippen LogP contribution >= 0.6 is 0 Å². The fourth-order valence-corrected chi connectivity index (χ4v) is 2.11. The number of nitrogens with one attached hydrogen (secondary N) is 1. The molecule has 0 saturated carbocycles. The Hall–Kier alpha value is -1.62. The number of piperidine rings is 1. The van der Waals surface area contributed by atoms with Gasteiger partial charge < -0.3 is 15.3 Å². The maximum atomic E-state index is 13.4. The summed E-state index contributed by atoms with van der Waals surface area (Å²) in [7, 11) is 0. The molecule has 1 aromatic rings. The lowest BCUT2D eigenvalue weighted by atomic mass is 9.96. The number of aliphatic hydroxyl groups is 1. The van der Waals surface area contributed by atoms with Crippen molar-refractivity contribution in [2.45, 2.75) is 26.4 Å². The van der Waals surface area contributed by atoms with E-state index in [0.717, 1.165) is 6.42 Å². The van der Waals surface area contributed by atoms with Crippen LogP contribution < -0.4 is 5.32 Å². The van der Waals surface area contributed by atoms with Crippen molar-refractivity contribution in [3.05, 3.63) is 29.6 Å². The van der Waals surface area contributed by atoms with Gasteiger partial charge in [0.2, 0.25) is 0 Å². The second kappa shape index (κ2) is 5.57. The third-order valence-corrected chi connectivity index (χ3v) is 3.63. The molecule has 104 valence electrons. The zero-order chi connectivity index (χ0) is 14.0. The Kier molecular flexibility index (Phi) is 4.04. The summed E-state index contributed by atoms with van der Waals surface area (Å²) in [6.45, 7) is 4.57. The molecule has 2 rings (SSSR count). The van der Waals surface area contributed by atoms with Gasteiger partial charge in [-0.3, -0.25) is 0 Å². The van der Waals surface area contributed by atoms with Gasteiger partial charge in [-0.05, 0) is 37.0 Å². The summed E-state index contributed by atoms with van der Waals surface area (Å²) in [5.74, 6) is -0.133. The van der Waals surface area contributed by atoms with Gasteiger partial charge in [0.1, 0.15) is 5.82 Å². The minimum atomic E-state index is -0.491. The van der Waals surface area contributed by atoms with E-state index in [1.807, 2.05) is 6.92 Å². The lowest BCUT2D eigenvalue weighted by Gasteiger charge is -2.34. The molecular weight excluding hydrogens is 247 g/mol. The number of β-amino-alcohol motifs (C(OH)–C–C–N with tert-alkyl or cyclic N) is 1. The number of urea groups is 1. The second-order valence-corrected chi connectivity index (χ2v) is 5.17. The topological polar surface area (TPSA) is 52.6 Å². The average Bonchev–Trinajstić information content (AvgIpc) is 2.37. The Morgan fingerprint density at radius 2 is 2.26 bits per heavy atom. The number of likely N-dealkylation sites (tertiary alicyclic amines) is 1. The van der Waals surface area contributed by atoms with E-state index >= 15 is 0 Å². The van der Waals surface area contributed by atoms with E-state index in [0.29, 0.717) is 24.3 Å². The number of aryl methyl sites for hydroxylation is 1. The zero-order valence-electron chi connectivity index (χ0n) is 11.2. The van der Waals surface area contributed by atoms with Crippen LogP contribution in [0.2, 0.25) is 0 Å². The number of benzene rings is 1. The summed E-state index contributed by atoms with van der Waals surface area (Å²) in [5.41, 5.74) is 0.974. The normalized spacial score (nSPS) is 23.3. The average molecular weight is 266 g/mol. The predicted octanol–water partition coefficient (Wildman–Crippen LogP) is 2.37. The second-order valence-electron chi connectivity index (χ2n) is 5.17. The lowest BCUT2D eigenvalue weighted by Crippen LogP contribution is -2.47. The Bertz CT molecular complexity index is 479. The van der Waals surface area contributed by atoms with Crippen LogP contribution in [0.15, 0.2) is 18.2 Å². The number of hydrogen-bond donors (Lipinski definition) is 2. The predicted molar refractivity (Wildman–Crippen MR) is 71.5 cm³/mol. The fourth-order valence-electron chi connectivity index (χ4n) is 2.11. The molecular formula is C14H19FN2O2. The SMILES string of the molecule is Cc1ccc(NC(=O)N2CCC(C)C(O)C2)cc1F. The van der Waals surface area contributed by atoms with Crippen molar-refractivity contribution in [2.75, 3.05) is 18.4 Å². The van der Waals surface area contributed by atoms with Gasteiger partial charge in [-0.1, -0.05) is 13.0 Å². The van der Waals surface area contributed by atoms with Gasteiger partial charge in [0.25, 0.3) is 0 Å². The van der Waals surface area contributed by atoms with Gasteiger partial charge in [0, 0.05) is 18.8 Å². The highest BCUT2D eigenvalue weighted by Crippen LogP contribution is 2.19. The van der Waals surface area contributed by atoms with Crippen LogP contribution in [0, 0.1) is 18.7 Å². The number of anilines is 1. The molecule has 0 aliphatic carbocycles. The number of amides is 2. The molecule has 0 radical (unpaired) electrons. The summed E-state index contributed by atoms with van der Waals surface area (Å²) < 4.78 is 13.4. The van der Waals surface area contributed by atoms with Crippen molar-refractivity contribution in [1.29, 1.82) is 0 Å². The highest BCUT2D eigenvalue weighted by molar-refractivity contribution is 5.89. The maximum absolute atomic E-state index is 13.4. The third kappa shape index (κ3) is 3.23. The summed E-state index contributed by atoms with van der Waals surface area (Å²) in [4.78, 5) is 13.6. The molecule has 4 nitrogen and oxygen atoms in total. The molecule has 0 spiro atoms. The third-order valence-electron chi connectivity index (χ3n) is 3.63. The van der Waals surface area contributed by atoms with Gasteiger partial charge in [-0.15, -0.1) is 0 Å². The standard InChI is InChI=1S/C14H19FN2O2/c1-9-3-4-11(7-12(9)15)16-14(19)17-6-5-10(2)13(18)8-17/h3-4,7,10,13,18H,5-6,8H2,1-2H3,(H,16,19). The highest BCUT2D eigenvalue weighted by Gasteiger charge is 2.27. The van der Waals surface area contributed by atoms with Crippen molar-refractivity contribution < 1.29 is 14.3 Å². The van der Waals surface area contributed by atoms with Crippen LogP contribution in [0.5, 0.6) is 0 Å². The van der Waals surface area contributed by atoms with Crippen molar-refractivity contribution in [1.82, 2.24) is 4.90 Å². The van der Waals surface area contributed by atoms with E-state index in [-0.39, 0.29) is 17.8 Å². The fraction of sp³-hybridized carbons (Fsp3) is 0.500. The van der Waals surface area contributed by atoms with Crippen LogP contribution in [-0.4, -0.2) is 35.2 Å². The van der Waals surface area contributed by atoms with Crippen LogP contribution in [0.25, 0.3) is 0 Å². The molecule has 2 amide bonds. The molecule has 0 aromatic heterocycles. The smallest absolute Gasteiger partial charge is 0.321 e. The summed E-state index contributed by atoms with van der Waals surface area (Å²) in [6, 6.07) is 4.29. The lowest BCUT2D eigenvalue weighted by molar-refractivity contribution is 0.0464. The molecule has 1 heterocycles. The minimum Gasteiger partial charge on any atom is -0.391 e. The number of carbonyl (C=O) groups excluding carboxylic acids is 1. The molecule has 1 aliphatic heterocycles. The Morgan fingerprint density at radius 3 is 2.89 bits per heavy atom. The number of rotatable bonds is 1. The summed E-state index contributed by atoms with van der Waals surface area (Å²) in [6.07, 6.45) is 0.283. The molecule has 2 N–H and O–H groups in total. The molecule has 2 atom stereocenters. The highest BCUT2D eigenvalue weighted by atomic mass is 19.1. The number of halogens is 1. The molecule has 5 heteroatoms. The summed E-state index contributed by atoms with van der Waals surface area (Å²) in [5, 5.41) is 12.4. The van der Waals surface area contributed by atoms with Gasteiger partial charge in [-0.25, -0.2) is 9.18 Å². The van der Waals surface area contributed by atoms with Crippen LogP contribution in [0.3, 0.4) is 0 Å². The van der Waals surface area contributed by atoms with E-state index < -0.39 is 6.10 Å². The number of hydrogen-bond acceptors (Lipinski definition) is 2. The molecule has 19 heavy (non-hydrogen) atoms. The van der Waals surface area contributed by atoms with E-state index in [1.165, 1.54) is 6.07 Å². The van der Waals surface area contributed by atoms with Gasteiger partial charge >= 0.3 is 6.03 Å². The van der Waals surface area contributed by atoms with E-state index in [2.05, 4.69) is 5.32 Å². The largest absolute Gasteiger partial charge is 0.391 e. The molecule has 2 unspecified atom stereocenters. The van der Waals surface area contributed by atoms with Gasteiger partial charge in [-0.2, -0.15) is 0 Å². The van der Waals surface area contributed by atoms with Crippen LogP contribution in [-0.2, 0) is 0 Å². The van der Waals surface area contributed by atoms with Crippen molar-refractivity contribution in [2.24, 2.45) is 5.92 Å². The molecule has 1 aromatic carbocycles. The first-order chi connectivity index (χ1) is 8.97.